The van der Waals surface area contributed by atoms with Crippen molar-refractivity contribution >= 4 is 11.5 Å². The molecule has 1 heterocycles. The van der Waals surface area contributed by atoms with E-state index in [1.165, 1.54) is 19.1 Å². The lowest BCUT2D eigenvalue weighted by molar-refractivity contribution is -0.123. The summed E-state index contributed by atoms with van der Waals surface area (Å²) >= 11 is 0. The maximum atomic E-state index is 14.5. The highest BCUT2D eigenvalue weighted by Crippen LogP contribution is 2.46. The molecule has 1 aliphatic heterocycles. The van der Waals surface area contributed by atoms with E-state index in [9.17, 15) is 13.2 Å². The zero-order chi connectivity index (χ0) is 15.0. The van der Waals surface area contributed by atoms with Crippen LogP contribution in [0, 0.1) is 5.82 Å². The van der Waals surface area contributed by atoms with Gasteiger partial charge in [-0.05, 0) is 24.6 Å². The van der Waals surface area contributed by atoms with Gasteiger partial charge in [-0.2, -0.15) is 0 Å². The quantitative estimate of drug-likeness (QED) is 0.817. The van der Waals surface area contributed by atoms with Crippen molar-refractivity contribution in [2.75, 3.05) is 18.9 Å². The SMILES string of the molecule is CC[C@]1(c2cc(N)ccc2F)N=C(N)COCC1(F)F. The fraction of sp³-hybridized carbons (Fsp3) is 0.462. The third-order valence-electron chi connectivity index (χ3n) is 3.42. The molecule has 0 saturated carbocycles. The van der Waals surface area contributed by atoms with E-state index < -0.39 is 23.9 Å². The van der Waals surface area contributed by atoms with E-state index in [0.717, 1.165) is 6.07 Å². The number of rotatable bonds is 2. The molecule has 1 atom stereocenters. The van der Waals surface area contributed by atoms with Gasteiger partial charge in [0.25, 0.3) is 5.92 Å². The van der Waals surface area contributed by atoms with Gasteiger partial charge in [-0.3, -0.25) is 4.99 Å². The molecule has 7 heteroatoms. The number of hydrogen-bond acceptors (Lipinski definition) is 4. The molecule has 1 aromatic carbocycles. The molecule has 0 saturated heterocycles. The van der Waals surface area contributed by atoms with E-state index in [0.29, 0.717) is 0 Å². The van der Waals surface area contributed by atoms with Crippen LogP contribution >= 0.6 is 0 Å². The predicted molar refractivity (Wildman–Crippen MR) is 70.2 cm³/mol. The molecule has 0 unspecified atom stereocenters. The number of anilines is 1. The highest BCUT2D eigenvalue weighted by atomic mass is 19.3. The molecule has 20 heavy (non-hydrogen) atoms. The molecule has 0 spiro atoms. The van der Waals surface area contributed by atoms with Gasteiger partial charge < -0.3 is 16.2 Å². The summed E-state index contributed by atoms with van der Waals surface area (Å²) in [6, 6.07) is 3.53. The minimum atomic E-state index is -3.39. The summed E-state index contributed by atoms with van der Waals surface area (Å²) in [6.45, 7) is 0.416. The van der Waals surface area contributed by atoms with Crippen LogP contribution in [0.1, 0.15) is 18.9 Å². The summed E-state index contributed by atoms with van der Waals surface area (Å²) in [7, 11) is 0. The van der Waals surface area contributed by atoms with E-state index in [1.54, 1.807) is 0 Å². The molecule has 1 aliphatic rings. The average Bonchev–Trinajstić information content (AvgIpc) is 2.49. The van der Waals surface area contributed by atoms with Gasteiger partial charge in [-0.1, -0.05) is 6.92 Å². The number of hydrogen-bond donors (Lipinski definition) is 2. The topological polar surface area (TPSA) is 73.6 Å². The number of halogens is 3. The van der Waals surface area contributed by atoms with Gasteiger partial charge in [-0.15, -0.1) is 0 Å². The molecule has 4 nitrogen and oxygen atoms in total. The van der Waals surface area contributed by atoms with Gasteiger partial charge in [-0.25, -0.2) is 13.2 Å². The molecule has 0 bridgehead atoms. The number of nitrogens with zero attached hydrogens (tertiary/aromatic N) is 1. The van der Waals surface area contributed by atoms with Gasteiger partial charge in [0.15, 0.2) is 5.54 Å². The van der Waals surface area contributed by atoms with Crippen molar-refractivity contribution in [3.63, 3.8) is 0 Å². The Balaban J connectivity index is 2.72. The van der Waals surface area contributed by atoms with Gasteiger partial charge in [0.2, 0.25) is 0 Å². The first-order valence-electron chi connectivity index (χ1n) is 6.17. The Morgan fingerprint density at radius 2 is 2.05 bits per heavy atom. The van der Waals surface area contributed by atoms with Crippen molar-refractivity contribution in [2.24, 2.45) is 10.7 Å². The van der Waals surface area contributed by atoms with Gasteiger partial charge in [0.1, 0.15) is 24.9 Å². The largest absolute Gasteiger partial charge is 0.399 e. The minimum Gasteiger partial charge on any atom is -0.399 e. The number of nitrogen functional groups attached to an aromatic ring is 1. The van der Waals surface area contributed by atoms with Crippen LogP contribution in [-0.2, 0) is 10.3 Å². The Morgan fingerprint density at radius 1 is 1.35 bits per heavy atom. The Labute approximate surface area is 114 Å². The number of amidine groups is 1. The summed E-state index contributed by atoms with van der Waals surface area (Å²) < 4.78 is 47.8. The molecule has 0 amide bonds. The van der Waals surface area contributed by atoms with Crippen molar-refractivity contribution < 1.29 is 17.9 Å². The van der Waals surface area contributed by atoms with Crippen LogP contribution in [0.15, 0.2) is 23.2 Å². The zero-order valence-corrected chi connectivity index (χ0v) is 11.0. The monoisotopic (exact) mass is 287 g/mol. The van der Waals surface area contributed by atoms with Crippen molar-refractivity contribution in [2.45, 2.75) is 24.8 Å². The van der Waals surface area contributed by atoms with Crippen LogP contribution in [0.25, 0.3) is 0 Å². The number of aliphatic imine (C=N–C) groups is 1. The van der Waals surface area contributed by atoms with Crippen molar-refractivity contribution in [3.8, 4) is 0 Å². The van der Waals surface area contributed by atoms with E-state index >= 15 is 0 Å². The number of ether oxygens (including phenoxy) is 1. The lowest BCUT2D eigenvalue weighted by atomic mass is 9.81. The minimum absolute atomic E-state index is 0.0918. The van der Waals surface area contributed by atoms with Crippen LogP contribution in [0.2, 0.25) is 0 Å². The summed E-state index contributed by atoms with van der Waals surface area (Å²) in [5, 5.41) is 0. The van der Waals surface area contributed by atoms with Crippen LogP contribution in [0.5, 0.6) is 0 Å². The molecule has 0 radical (unpaired) electrons. The van der Waals surface area contributed by atoms with E-state index in [-0.39, 0.29) is 30.1 Å². The van der Waals surface area contributed by atoms with E-state index in [2.05, 4.69) is 4.99 Å². The molecule has 0 fully saturated rings. The summed E-state index contributed by atoms with van der Waals surface area (Å²) in [5.74, 6) is -4.28. The van der Waals surface area contributed by atoms with Crippen molar-refractivity contribution in [1.29, 1.82) is 0 Å². The summed E-state index contributed by atoms with van der Waals surface area (Å²) in [6.07, 6.45) is -0.134. The molecular formula is C13H16F3N3O. The predicted octanol–water partition coefficient (Wildman–Crippen LogP) is 2.04. The van der Waals surface area contributed by atoms with E-state index in [1.807, 2.05) is 0 Å². The molecular weight excluding hydrogens is 271 g/mol. The molecule has 1 aromatic rings. The smallest absolute Gasteiger partial charge is 0.299 e. The Hall–Kier alpha value is -1.76. The lowest BCUT2D eigenvalue weighted by Gasteiger charge is -2.35. The molecule has 110 valence electrons. The Bertz CT molecular complexity index is 548. The number of alkyl halides is 2. The first kappa shape index (κ1) is 14.6. The highest BCUT2D eigenvalue weighted by Gasteiger charge is 2.56. The maximum Gasteiger partial charge on any atom is 0.299 e. The number of nitrogens with two attached hydrogens (primary N) is 2. The maximum absolute atomic E-state index is 14.5. The lowest BCUT2D eigenvalue weighted by Crippen LogP contribution is -2.47. The summed E-state index contributed by atoms with van der Waals surface area (Å²) in [5.41, 5.74) is 8.97. The molecule has 0 aromatic heterocycles. The van der Waals surface area contributed by atoms with Crippen molar-refractivity contribution in [3.05, 3.63) is 29.6 Å². The Morgan fingerprint density at radius 3 is 2.70 bits per heavy atom. The van der Waals surface area contributed by atoms with Crippen LogP contribution < -0.4 is 11.5 Å². The molecule has 0 aliphatic carbocycles. The highest BCUT2D eigenvalue weighted by molar-refractivity contribution is 5.82. The van der Waals surface area contributed by atoms with Crippen molar-refractivity contribution in [1.82, 2.24) is 0 Å². The second kappa shape index (κ2) is 4.97. The second-order valence-electron chi connectivity index (χ2n) is 4.75. The van der Waals surface area contributed by atoms with Crippen LogP contribution in [-0.4, -0.2) is 25.0 Å². The van der Waals surface area contributed by atoms with Crippen LogP contribution in [0.4, 0.5) is 18.9 Å². The average molecular weight is 287 g/mol. The van der Waals surface area contributed by atoms with Crippen LogP contribution in [0.3, 0.4) is 0 Å². The first-order valence-corrected chi connectivity index (χ1v) is 6.17. The summed E-state index contributed by atoms with van der Waals surface area (Å²) in [4.78, 5) is 3.87. The first-order chi connectivity index (χ1) is 9.32. The van der Waals surface area contributed by atoms with Gasteiger partial charge >= 0.3 is 0 Å². The second-order valence-corrected chi connectivity index (χ2v) is 4.75. The molecule has 4 N–H and O–H groups in total. The Kier molecular flexibility index (Phi) is 3.64. The standard InChI is InChI=1S/C13H16F3N3O/c1-2-12(9-5-8(17)3-4-10(9)14)13(15,16)7-20-6-11(18)19-12/h3-5H,2,6-7,17H2,1H3,(H2,18,19)/t12-/m1/s1. The normalized spacial score (nSPS) is 25.9. The fourth-order valence-electron chi connectivity index (χ4n) is 2.41. The van der Waals surface area contributed by atoms with E-state index in [4.69, 9.17) is 16.2 Å². The van der Waals surface area contributed by atoms with Gasteiger partial charge in [0.05, 0.1) is 0 Å². The fourth-order valence-corrected chi connectivity index (χ4v) is 2.41. The molecule has 2 rings (SSSR count). The number of benzene rings is 1. The van der Waals surface area contributed by atoms with Gasteiger partial charge in [0, 0.05) is 11.3 Å². The third-order valence-corrected chi connectivity index (χ3v) is 3.42. The zero-order valence-electron chi connectivity index (χ0n) is 11.0. The third kappa shape index (κ3) is 2.22.